The lowest BCUT2D eigenvalue weighted by atomic mass is 10.2. The Morgan fingerprint density at radius 2 is 2.00 bits per heavy atom. The molecule has 2 aromatic rings. The molecule has 0 unspecified atom stereocenters. The Balaban J connectivity index is 0.000000980. The van der Waals surface area contributed by atoms with Crippen molar-refractivity contribution in [1.29, 1.82) is 0 Å². The minimum atomic E-state index is 0. The highest BCUT2D eigenvalue weighted by molar-refractivity contribution is 8.93. The molecule has 0 saturated heterocycles. The van der Waals surface area contributed by atoms with E-state index < -0.39 is 0 Å². The molecule has 0 atom stereocenters. The Labute approximate surface area is 103 Å². The zero-order chi connectivity index (χ0) is 9.26. The van der Waals surface area contributed by atoms with Gasteiger partial charge in [-0.2, -0.15) is 0 Å². The molecular weight excluding hydrogens is 282 g/mol. The van der Waals surface area contributed by atoms with Crippen LogP contribution in [0.5, 0.6) is 0 Å². The van der Waals surface area contributed by atoms with Crippen LogP contribution in [0.1, 0.15) is 5.01 Å². The maximum Gasteiger partial charge on any atom is 0.0901 e. The van der Waals surface area contributed by atoms with E-state index in [9.17, 15) is 0 Å². The van der Waals surface area contributed by atoms with Gasteiger partial charge < -0.3 is 0 Å². The monoisotopic (exact) mass is 289 g/mol. The van der Waals surface area contributed by atoms with Crippen molar-refractivity contribution in [3.05, 3.63) is 39.7 Å². The fourth-order valence-electron chi connectivity index (χ4n) is 1.16. The number of thiazole rings is 1. The molecule has 1 heterocycles. The molecule has 0 bridgehead atoms. The third-order valence-electron chi connectivity index (χ3n) is 1.77. The molecule has 0 aliphatic carbocycles. The van der Waals surface area contributed by atoms with Gasteiger partial charge in [0.2, 0.25) is 0 Å². The van der Waals surface area contributed by atoms with Crippen LogP contribution in [0.4, 0.5) is 0 Å². The van der Waals surface area contributed by atoms with E-state index in [1.807, 2.05) is 36.6 Å². The molecule has 0 aliphatic rings. The third kappa shape index (κ3) is 2.35. The summed E-state index contributed by atoms with van der Waals surface area (Å²) in [7, 11) is 0. The maximum absolute atomic E-state index is 6.03. The van der Waals surface area contributed by atoms with Gasteiger partial charge in [0.15, 0.2) is 0 Å². The molecule has 2 rings (SSSR count). The molecule has 0 amide bonds. The van der Waals surface area contributed by atoms with Gasteiger partial charge in [-0.15, -0.1) is 28.3 Å². The minimum Gasteiger partial charge on any atom is -0.241 e. The van der Waals surface area contributed by atoms with Crippen molar-refractivity contribution in [3.8, 4) is 11.3 Å². The molecule has 0 spiro atoms. The number of halogens is 2. The Kier molecular flexibility index (Phi) is 4.11. The van der Waals surface area contributed by atoms with E-state index in [2.05, 4.69) is 4.98 Å². The van der Waals surface area contributed by atoms with E-state index in [0.29, 0.717) is 0 Å². The average molecular weight is 291 g/mol. The number of aromatic nitrogens is 1. The van der Waals surface area contributed by atoms with Gasteiger partial charge in [-0.3, -0.25) is 0 Å². The zero-order valence-corrected chi connectivity index (χ0v) is 10.8. The topological polar surface area (TPSA) is 12.9 Å². The molecule has 74 valence electrons. The zero-order valence-electron chi connectivity index (χ0n) is 7.53. The first-order valence-corrected chi connectivity index (χ1v) is 5.20. The molecule has 1 nitrogen and oxygen atoms in total. The minimum absolute atomic E-state index is 0. The lowest BCUT2D eigenvalue weighted by Crippen LogP contribution is -1.78. The second kappa shape index (κ2) is 4.91. The summed E-state index contributed by atoms with van der Waals surface area (Å²) in [5.74, 6) is 0. The lowest BCUT2D eigenvalue weighted by Gasteiger charge is -1.98. The molecule has 0 radical (unpaired) electrons. The SMILES string of the molecule is Br.Cc1nc(-c2ccccc2Cl)cs1. The van der Waals surface area contributed by atoms with E-state index in [-0.39, 0.29) is 17.0 Å². The molecule has 0 fully saturated rings. The smallest absolute Gasteiger partial charge is 0.0901 e. The van der Waals surface area contributed by atoms with E-state index in [1.54, 1.807) is 11.3 Å². The van der Waals surface area contributed by atoms with Crippen LogP contribution in [0.15, 0.2) is 29.6 Å². The average Bonchev–Trinajstić information content (AvgIpc) is 2.53. The predicted molar refractivity (Wildman–Crippen MR) is 67.6 cm³/mol. The summed E-state index contributed by atoms with van der Waals surface area (Å²) < 4.78 is 0. The van der Waals surface area contributed by atoms with Crippen LogP contribution >= 0.6 is 39.9 Å². The Morgan fingerprint density at radius 3 is 2.57 bits per heavy atom. The van der Waals surface area contributed by atoms with Crippen molar-refractivity contribution in [1.82, 2.24) is 4.98 Å². The van der Waals surface area contributed by atoms with E-state index in [0.717, 1.165) is 21.3 Å². The Morgan fingerprint density at radius 1 is 1.29 bits per heavy atom. The largest absolute Gasteiger partial charge is 0.241 e. The first kappa shape index (κ1) is 11.7. The first-order chi connectivity index (χ1) is 6.27. The van der Waals surface area contributed by atoms with E-state index >= 15 is 0 Å². The van der Waals surface area contributed by atoms with Gasteiger partial charge in [0, 0.05) is 16.0 Å². The van der Waals surface area contributed by atoms with Crippen LogP contribution in [0.3, 0.4) is 0 Å². The highest BCUT2D eigenvalue weighted by Crippen LogP contribution is 2.27. The number of rotatable bonds is 1. The number of hydrogen-bond acceptors (Lipinski definition) is 2. The van der Waals surface area contributed by atoms with Crippen LogP contribution in [0.25, 0.3) is 11.3 Å². The second-order valence-corrected chi connectivity index (χ2v) is 4.20. The summed E-state index contributed by atoms with van der Waals surface area (Å²) >= 11 is 7.67. The van der Waals surface area contributed by atoms with Crippen molar-refractivity contribution >= 4 is 39.9 Å². The van der Waals surface area contributed by atoms with Gasteiger partial charge >= 0.3 is 0 Å². The summed E-state index contributed by atoms with van der Waals surface area (Å²) in [5.41, 5.74) is 1.97. The lowest BCUT2D eigenvalue weighted by molar-refractivity contribution is 1.30. The van der Waals surface area contributed by atoms with Gasteiger partial charge in [0.25, 0.3) is 0 Å². The fourth-order valence-corrected chi connectivity index (χ4v) is 2.00. The maximum atomic E-state index is 6.03. The van der Waals surface area contributed by atoms with Crippen LogP contribution in [-0.2, 0) is 0 Å². The Hall–Kier alpha value is -0.380. The summed E-state index contributed by atoms with van der Waals surface area (Å²) in [6.07, 6.45) is 0. The van der Waals surface area contributed by atoms with E-state index in [1.165, 1.54) is 0 Å². The standard InChI is InChI=1S/C10H8ClNS.BrH/c1-7-12-10(6-13-7)8-4-2-3-5-9(8)11;/h2-6H,1H3;1H. The molecule has 0 aliphatic heterocycles. The quantitative estimate of drug-likeness (QED) is 0.761. The van der Waals surface area contributed by atoms with Crippen LogP contribution in [0.2, 0.25) is 5.02 Å². The van der Waals surface area contributed by atoms with Crippen LogP contribution < -0.4 is 0 Å². The van der Waals surface area contributed by atoms with Gasteiger partial charge in [-0.25, -0.2) is 4.98 Å². The van der Waals surface area contributed by atoms with Crippen LogP contribution in [-0.4, -0.2) is 4.98 Å². The highest BCUT2D eigenvalue weighted by Gasteiger charge is 2.04. The van der Waals surface area contributed by atoms with E-state index in [4.69, 9.17) is 11.6 Å². The van der Waals surface area contributed by atoms with Crippen molar-refractivity contribution in [2.24, 2.45) is 0 Å². The first-order valence-electron chi connectivity index (χ1n) is 3.94. The number of benzene rings is 1. The summed E-state index contributed by atoms with van der Waals surface area (Å²) in [6, 6.07) is 7.75. The number of nitrogens with zero attached hydrogens (tertiary/aromatic N) is 1. The molecule has 0 N–H and O–H groups in total. The second-order valence-electron chi connectivity index (χ2n) is 2.73. The van der Waals surface area contributed by atoms with Crippen molar-refractivity contribution < 1.29 is 0 Å². The molecular formula is C10H9BrClNS. The summed E-state index contributed by atoms with van der Waals surface area (Å²) in [4.78, 5) is 4.38. The number of aryl methyl sites for hydroxylation is 1. The van der Waals surface area contributed by atoms with Crippen molar-refractivity contribution in [2.75, 3.05) is 0 Å². The van der Waals surface area contributed by atoms with Gasteiger partial charge in [-0.1, -0.05) is 29.8 Å². The number of hydrogen-bond donors (Lipinski definition) is 0. The van der Waals surface area contributed by atoms with Gasteiger partial charge in [0.1, 0.15) is 0 Å². The molecule has 1 aromatic carbocycles. The molecule has 4 heteroatoms. The third-order valence-corrected chi connectivity index (χ3v) is 2.87. The Bertz CT molecular complexity index is 428. The summed E-state index contributed by atoms with van der Waals surface area (Å²) in [5, 5.41) is 3.85. The van der Waals surface area contributed by atoms with Crippen LogP contribution in [0, 0.1) is 6.92 Å². The molecule has 1 aromatic heterocycles. The predicted octanol–water partition coefficient (Wildman–Crippen LogP) is 4.35. The molecule has 14 heavy (non-hydrogen) atoms. The highest BCUT2D eigenvalue weighted by atomic mass is 79.9. The van der Waals surface area contributed by atoms with Crippen molar-refractivity contribution in [2.45, 2.75) is 6.92 Å². The molecule has 0 saturated carbocycles. The summed E-state index contributed by atoms with van der Waals surface area (Å²) in [6.45, 7) is 1.99. The normalized spacial score (nSPS) is 9.57. The van der Waals surface area contributed by atoms with Gasteiger partial charge in [-0.05, 0) is 13.0 Å². The fraction of sp³-hybridized carbons (Fsp3) is 0.100. The van der Waals surface area contributed by atoms with Gasteiger partial charge in [0.05, 0.1) is 10.7 Å². The van der Waals surface area contributed by atoms with Crippen molar-refractivity contribution in [3.63, 3.8) is 0 Å².